The van der Waals surface area contributed by atoms with E-state index in [1.165, 1.54) is 0 Å². The van der Waals surface area contributed by atoms with Crippen molar-refractivity contribution in [1.82, 2.24) is 14.9 Å². The number of benzene rings is 1. The molecular weight excluding hydrogens is 321 g/mol. The van der Waals surface area contributed by atoms with E-state index in [2.05, 4.69) is 15.3 Å². The molecule has 0 bridgehead atoms. The number of nitrogens with two attached hydrogens (primary N) is 1. The Morgan fingerprint density at radius 1 is 1.45 bits per heavy atom. The molecule has 0 aliphatic carbocycles. The van der Waals surface area contributed by atoms with Crippen LogP contribution in [-0.2, 0) is 6.54 Å². The SMILES string of the molecule is Cc1nccn1CCN=C(N)NC(C)c1ccc(Cl)cc1Cl. The predicted octanol–water partition coefficient (Wildman–Crippen LogP) is 3.16. The average molecular weight is 340 g/mol. The van der Waals surface area contributed by atoms with E-state index in [1.807, 2.05) is 30.7 Å². The van der Waals surface area contributed by atoms with Crippen molar-refractivity contribution in [3.05, 3.63) is 52.0 Å². The van der Waals surface area contributed by atoms with E-state index in [4.69, 9.17) is 28.9 Å². The standard InChI is InChI=1S/C15H19Cl2N5/c1-10(13-4-3-12(16)9-14(13)17)21-15(18)20-6-8-22-7-5-19-11(22)2/h3-5,7,9-10H,6,8H2,1-2H3,(H3,18,20,21). The van der Waals surface area contributed by atoms with Crippen molar-refractivity contribution < 1.29 is 0 Å². The fraction of sp³-hybridized carbons (Fsp3) is 0.333. The summed E-state index contributed by atoms with van der Waals surface area (Å²) in [6.07, 6.45) is 3.69. The molecule has 2 rings (SSSR count). The van der Waals surface area contributed by atoms with Gasteiger partial charge in [-0.15, -0.1) is 0 Å². The minimum absolute atomic E-state index is 0.0523. The number of imidazole rings is 1. The van der Waals surface area contributed by atoms with Crippen molar-refractivity contribution >= 4 is 29.2 Å². The summed E-state index contributed by atoms with van der Waals surface area (Å²) in [5.41, 5.74) is 6.84. The summed E-state index contributed by atoms with van der Waals surface area (Å²) in [6, 6.07) is 5.34. The molecule has 0 spiro atoms. The van der Waals surface area contributed by atoms with Crippen LogP contribution in [0.2, 0.25) is 10.0 Å². The van der Waals surface area contributed by atoms with Gasteiger partial charge in [-0.1, -0.05) is 29.3 Å². The number of halogens is 2. The summed E-state index contributed by atoms with van der Waals surface area (Å²) < 4.78 is 2.02. The molecular formula is C15H19Cl2N5. The number of rotatable bonds is 5. The van der Waals surface area contributed by atoms with Crippen molar-refractivity contribution in [3.8, 4) is 0 Å². The summed E-state index contributed by atoms with van der Waals surface area (Å²) >= 11 is 12.1. The molecule has 1 aromatic heterocycles. The molecule has 22 heavy (non-hydrogen) atoms. The lowest BCUT2D eigenvalue weighted by Gasteiger charge is -2.16. The molecule has 5 nitrogen and oxygen atoms in total. The molecule has 7 heteroatoms. The largest absolute Gasteiger partial charge is 0.370 e. The maximum atomic E-state index is 6.18. The van der Waals surface area contributed by atoms with Crippen molar-refractivity contribution in [3.63, 3.8) is 0 Å². The molecule has 0 aliphatic heterocycles. The molecule has 0 saturated carbocycles. The normalized spacial score (nSPS) is 13.2. The first-order chi connectivity index (χ1) is 10.5. The van der Waals surface area contributed by atoms with Gasteiger partial charge in [0.2, 0.25) is 0 Å². The van der Waals surface area contributed by atoms with Crippen LogP contribution in [0.5, 0.6) is 0 Å². The monoisotopic (exact) mass is 339 g/mol. The number of nitrogens with one attached hydrogen (secondary N) is 1. The number of nitrogens with zero attached hydrogens (tertiary/aromatic N) is 3. The van der Waals surface area contributed by atoms with Crippen LogP contribution in [0.25, 0.3) is 0 Å². The van der Waals surface area contributed by atoms with Crippen LogP contribution in [-0.4, -0.2) is 22.1 Å². The maximum absolute atomic E-state index is 6.18. The van der Waals surface area contributed by atoms with Gasteiger partial charge in [0.05, 0.1) is 12.6 Å². The highest BCUT2D eigenvalue weighted by atomic mass is 35.5. The van der Waals surface area contributed by atoms with Gasteiger partial charge in [-0.3, -0.25) is 4.99 Å². The summed E-state index contributed by atoms with van der Waals surface area (Å²) in [7, 11) is 0. The highest BCUT2D eigenvalue weighted by Crippen LogP contribution is 2.25. The Hall–Kier alpha value is -1.72. The fourth-order valence-electron chi connectivity index (χ4n) is 2.12. The number of hydrogen-bond acceptors (Lipinski definition) is 2. The van der Waals surface area contributed by atoms with Crippen molar-refractivity contribution in [2.45, 2.75) is 26.4 Å². The van der Waals surface area contributed by atoms with Crippen LogP contribution >= 0.6 is 23.2 Å². The first kappa shape index (κ1) is 16.6. The van der Waals surface area contributed by atoms with Gasteiger partial charge in [-0.2, -0.15) is 0 Å². The Balaban J connectivity index is 1.91. The van der Waals surface area contributed by atoms with E-state index >= 15 is 0 Å². The lowest BCUT2D eigenvalue weighted by Crippen LogP contribution is -2.34. The highest BCUT2D eigenvalue weighted by molar-refractivity contribution is 6.35. The van der Waals surface area contributed by atoms with E-state index in [-0.39, 0.29) is 6.04 Å². The second kappa shape index (κ2) is 7.51. The van der Waals surface area contributed by atoms with Gasteiger partial charge < -0.3 is 15.6 Å². The quantitative estimate of drug-likeness (QED) is 0.649. The lowest BCUT2D eigenvalue weighted by atomic mass is 10.1. The van der Waals surface area contributed by atoms with Crippen molar-refractivity contribution in [1.29, 1.82) is 0 Å². The van der Waals surface area contributed by atoms with Crippen LogP contribution in [0, 0.1) is 6.92 Å². The molecule has 3 N–H and O–H groups in total. The van der Waals surface area contributed by atoms with Crippen LogP contribution in [0.15, 0.2) is 35.6 Å². The van der Waals surface area contributed by atoms with Gasteiger partial charge >= 0.3 is 0 Å². The Kier molecular flexibility index (Phi) is 5.69. The summed E-state index contributed by atoms with van der Waals surface area (Å²) in [6.45, 7) is 5.24. The van der Waals surface area contributed by atoms with Crippen LogP contribution in [0.4, 0.5) is 0 Å². The number of hydrogen-bond donors (Lipinski definition) is 2. The minimum Gasteiger partial charge on any atom is -0.370 e. The van der Waals surface area contributed by atoms with Gasteiger partial charge in [-0.05, 0) is 31.5 Å². The molecule has 118 valence electrons. The van der Waals surface area contributed by atoms with E-state index in [0.29, 0.717) is 22.5 Å². The van der Waals surface area contributed by atoms with Gasteiger partial charge in [0.1, 0.15) is 5.82 Å². The molecule has 1 unspecified atom stereocenters. The van der Waals surface area contributed by atoms with Crippen LogP contribution in [0.3, 0.4) is 0 Å². The average Bonchev–Trinajstić information content (AvgIpc) is 2.84. The van der Waals surface area contributed by atoms with Gasteiger partial charge in [0.15, 0.2) is 5.96 Å². The fourth-order valence-corrected chi connectivity index (χ4v) is 2.69. The van der Waals surface area contributed by atoms with Crippen LogP contribution in [0.1, 0.15) is 24.4 Å². The zero-order valence-electron chi connectivity index (χ0n) is 12.6. The summed E-state index contributed by atoms with van der Waals surface area (Å²) in [4.78, 5) is 8.48. The van der Waals surface area contributed by atoms with Crippen LogP contribution < -0.4 is 11.1 Å². The topological polar surface area (TPSA) is 68.2 Å². The molecule has 0 radical (unpaired) electrons. The second-order valence-corrected chi connectivity index (χ2v) is 5.81. The maximum Gasteiger partial charge on any atom is 0.189 e. The van der Waals surface area contributed by atoms with E-state index in [1.54, 1.807) is 18.3 Å². The minimum atomic E-state index is -0.0523. The molecule has 0 aliphatic rings. The molecule has 0 saturated heterocycles. The predicted molar refractivity (Wildman–Crippen MR) is 91.5 cm³/mol. The number of guanidine groups is 1. The summed E-state index contributed by atoms with van der Waals surface area (Å²) in [5.74, 6) is 1.35. The third kappa shape index (κ3) is 4.39. The Labute approximate surface area is 140 Å². The third-order valence-electron chi connectivity index (χ3n) is 3.34. The molecule has 0 fully saturated rings. The lowest BCUT2D eigenvalue weighted by molar-refractivity contribution is 0.671. The zero-order chi connectivity index (χ0) is 16.1. The summed E-state index contributed by atoms with van der Waals surface area (Å²) in [5, 5.41) is 4.34. The molecule has 1 atom stereocenters. The highest BCUT2D eigenvalue weighted by Gasteiger charge is 2.10. The number of aryl methyl sites for hydroxylation is 1. The Morgan fingerprint density at radius 3 is 2.86 bits per heavy atom. The molecule has 1 heterocycles. The van der Waals surface area contributed by atoms with Crippen molar-refractivity contribution in [2.24, 2.45) is 10.7 Å². The number of aliphatic imine (C=N–C) groups is 1. The van der Waals surface area contributed by atoms with E-state index in [0.717, 1.165) is 17.9 Å². The third-order valence-corrected chi connectivity index (χ3v) is 3.90. The van der Waals surface area contributed by atoms with Crippen molar-refractivity contribution in [2.75, 3.05) is 6.54 Å². The second-order valence-electron chi connectivity index (χ2n) is 4.97. The molecule has 0 amide bonds. The van der Waals surface area contributed by atoms with Gasteiger partial charge in [0.25, 0.3) is 0 Å². The first-order valence-electron chi connectivity index (χ1n) is 6.96. The van der Waals surface area contributed by atoms with Gasteiger partial charge in [-0.25, -0.2) is 4.98 Å². The Bertz CT molecular complexity index is 666. The molecule has 2 aromatic rings. The zero-order valence-corrected chi connectivity index (χ0v) is 14.1. The number of aromatic nitrogens is 2. The Morgan fingerprint density at radius 2 is 2.23 bits per heavy atom. The van der Waals surface area contributed by atoms with Gasteiger partial charge in [0, 0.05) is 29.0 Å². The first-order valence-corrected chi connectivity index (χ1v) is 7.72. The van der Waals surface area contributed by atoms with E-state index < -0.39 is 0 Å². The van der Waals surface area contributed by atoms with E-state index in [9.17, 15) is 0 Å². The smallest absolute Gasteiger partial charge is 0.189 e. The molecule has 1 aromatic carbocycles.